The summed E-state index contributed by atoms with van der Waals surface area (Å²) in [5.41, 5.74) is -0.439. The van der Waals surface area contributed by atoms with Crippen molar-refractivity contribution in [1.82, 2.24) is 14.1 Å². The summed E-state index contributed by atoms with van der Waals surface area (Å²) in [7, 11) is -3.21. The number of carbonyl (C=O) groups excluding carboxylic acids is 1. The monoisotopic (exact) mass is 373 g/mol. The summed E-state index contributed by atoms with van der Waals surface area (Å²) in [6.45, 7) is 9.12. The number of carbonyl (C=O) groups is 1. The van der Waals surface area contributed by atoms with Gasteiger partial charge in [0.05, 0.1) is 24.4 Å². The zero-order valence-corrected chi connectivity index (χ0v) is 16.3. The molecule has 3 fully saturated rings. The van der Waals surface area contributed by atoms with Gasteiger partial charge in [0.25, 0.3) is 0 Å². The van der Waals surface area contributed by atoms with E-state index in [9.17, 15) is 13.2 Å². The van der Waals surface area contributed by atoms with Crippen LogP contribution in [0, 0.1) is 5.41 Å². The lowest BCUT2D eigenvalue weighted by Crippen LogP contribution is -2.53. The molecule has 0 aromatic heterocycles. The number of hydrogen-bond donors (Lipinski definition) is 0. The molecule has 8 heteroatoms. The summed E-state index contributed by atoms with van der Waals surface area (Å²) < 4.78 is 31.7. The van der Waals surface area contributed by atoms with Crippen LogP contribution in [0.5, 0.6) is 0 Å². The third-order valence-electron chi connectivity index (χ3n) is 6.27. The lowest BCUT2D eigenvalue weighted by atomic mass is 9.75. The number of ether oxygens (including phenoxy) is 1. The van der Waals surface area contributed by atoms with Gasteiger partial charge in [-0.3, -0.25) is 9.69 Å². The maximum atomic E-state index is 13.5. The first-order valence-electron chi connectivity index (χ1n) is 9.53. The van der Waals surface area contributed by atoms with Gasteiger partial charge in [-0.1, -0.05) is 6.92 Å². The smallest absolute Gasteiger partial charge is 0.230 e. The Hall–Kier alpha value is -0.700. The molecule has 0 spiro atoms. The van der Waals surface area contributed by atoms with E-state index in [2.05, 4.69) is 11.8 Å². The van der Waals surface area contributed by atoms with Crippen molar-refractivity contribution < 1.29 is 17.9 Å². The lowest BCUT2D eigenvalue weighted by molar-refractivity contribution is -0.148. The zero-order chi connectivity index (χ0) is 18.1. The van der Waals surface area contributed by atoms with Crippen LogP contribution >= 0.6 is 0 Å². The van der Waals surface area contributed by atoms with Gasteiger partial charge < -0.3 is 9.64 Å². The number of likely N-dealkylation sites (tertiary alicyclic amines) is 1. The maximum Gasteiger partial charge on any atom is 0.230 e. The second-order valence-corrected chi connectivity index (χ2v) is 9.55. The molecule has 0 aliphatic carbocycles. The molecule has 0 aromatic carbocycles. The SMILES string of the molecule is CCN1CC[C@@]2(C(=O)N3CCOCC3)CCN(S(=O)(=O)CC)CC[C@@H]12. The van der Waals surface area contributed by atoms with E-state index in [-0.39, 0.29) is 17.7 Å². The van der Waals surface area contributed by atoms with E-state index in [4.69, 9.17) is 4.74 Å². The standard InChI is InChI=1S/C17H31N3O4S/c1-3-18-9-6-17(16(21)19-11-13-24-14-12-19)7-10-20(8-5-15(17)18)25(22,23)4-2/h15H,3-14H2,1-2H3/t15-,17-/m1/s1. The Bertz CT molecular complexity index is 591. The fourth-order valence-electron chi connectivity index (χ4n) is 4.74. The average molecular weight is 374 g/mol. The number of morpholine rings is 1. The Labute approximate surface area is 151 Å². The van der Waals surface area contributed by atoms with Gasteiger partial charge in [-0.05, 0) is 39.3 Å². The highest BCUT2D eigenvalue weighted by Crippen LogP contribution is 2.45. The first-order chi connectivity index (χ1) is 11.9. The highest BCUT2D eigenvalue weighted by Gasteiger charge is 2.54. The molecule has 0 saturated carbocycles. The van der Waals surface area contributed by atoms with E-state index >= 15 is 0 Å². The molecule has 2 atom stereocenters. The third kappa shape index (κ3) is 3.46. The van der Waals surface area contributed by atoms with Crippen molar-refractivity contribution in [3.8, 4) is 0 Å². The molecule has 144 valence electrons. The Kier molecular flexibility index (Phi) is 5.72. The molecule has 3 heterocycles. The molecule has 0 N–H and O–H groups in total. The predicted molar refractivity (Wildman–Crippen MR) is 95.8 cm³/mol. The Morgan fingerprint density at radius 2 is 1.76 bits per heavy atom. The molecule has 25 heavy (non-hydrogen) atoms. The number of rotatable bonds is 4. The van der Waals surface area contributed by atoms with E-state index < -0.39 is 15.4 Å². The van der Waals surface area contributed by atoms with Crippen LogP contribution in [0.3, 0.4) is 0 Å². The second-order valence-electron chi connectivity index (χ2n) is 7.29. The first kappa shape index (κ1) is 19.1. The molecule has 0 unspecified atom stereocenters. The van der Waals surface area contributed by atoms with Gasteiger partial charge in [-0.15, -0.1) is 0 Å². The Morgan fingerprint density at radius 1 is 1.08 bits per heavy atom. The van der Waals surface area contributed by atoms with Gasteiger partial charge in [-0.25, -0.2) is 12.7 Å². The van der Waals surface area contributed by atoms with Crippen molar-refractivity contribution in [2.45, 2.75) is 39.2 Å². The van der Waals surface area contributed by atoms with Crippen LogP contribution in [-0.2, 0) is 19.6 Å². The zero-order valence-electron chi connectivity index (χ0n) is 15.4. The lowest BCUT2D eigenvalue weighted by Gasteiger charge is -2.40. The van der Waals surface area contributed by atoms with Gasteiger partial charge in [-0.2, -0.15) is 0 Å². The Morgan fingerprint density at radius 3 is 2.40 bits per heavy atom. The molecule has 0 aromatic rings. The maximum absolute atomic E-state index is 13.5. The third-order valence-corrected chi connectivity index (χ3v) is 8.15. The summed E-state index contributed by atoms with van der Waals surface area (Å²) in [5, 5.41) is 0. The minimum atomic E-state index is -3.21. The van der Waals surface area contributed by atoms with Gasteiger partial charge in [0.2, 0.25) is 15.9 Å². The first-order valence-corrected chi connectivity index (χ1v) is 11.1. The van der Waals surface area contributed by atoms with Gasteiger partial charge in [0.15, 0.2) is 0 Å². The van der Waals surface area contributed by atoms with Crippen LogP contribution in [0.1, 0.15) is 33.1 Å². The fourth-order valence-corrected chi connectivity index (χ4v) is 5.86. The molecular formula is C17H31N3O4S. The quantitative estimate of drug-likeness (QED) is 0.712. The van der Waals surface area contributed by atoms with Crippen LogP contribution in [-0.4, -0.2) is 92.7 Å². The number of fused-ring (bicyclic) bond motifs is 1. The summed E-state index contributed by atoms with van der Waals surface area (Å²) in [6.07, 6.45) is 2.20. The predicted octanol–water partition coefficient (Wildman–Crippen LogP) is 0.371. The minimum absolute atomic E-state index is 0.125. The van der Waals surface area contributed by atoms with Gasteiger partial charge >= 0.3 is 0 Å². The van der Waals surface area contributed by atoms with Crippen molar-refractivity contribution >= 4 is 15.9 Å². The van der Waals surface area contributed by atoms with Crippen LogP contribution in [0.4, 0.5) is 0 Å². The Balaban J connectivity index is 1.87. The number of hydrogen-bond acceptors (Lipinski definition) is 5. The van der Waals surface area contributed by atoms with Gasteiger partial charge in [0, 0.05) is 32.2 Å². The van der Waals surface area contributed by atoms with E-state index in [1.54, 1.807) is 11.2 Å². The van der Waals surface area contributed by atoms with Crippen LogP contribution in [0.2, 0.25) is 0 Å². The summed E-state index contributed by atoms with van der Waals surface area (Å²) >= 11 is 0. The van der Waals surface area contributed by atoms with Crippen molar-refractivity contribution in [1.29, 1.82) is 0 Å². The molecule has 0 bridgehead atoms. The van der Waals surface area contributed by atoms with Gasteiger partial charge in [0.1, 0.15) is 0 Å². The normalized spacial score (nSPS) is 32.4. The highest BCUT2D eigenvalue weighted by molar-refractivity contribution is 7.89. The minimum Gasteiger partial charge on any atom is -0.378 e. The molecule has 3 aliphatic rings. The topological polar surface area (TPSA) is 70.2 Å². The summed E-state index contributed by atoms with van der Waals surface area (Å²) in [5.74, 6) is 0.340. The number of amides is 1. The van der Waals surface area contributed by atoms with Crippen molar-refractivity contribution in [2.75, 3.05) is 58.2 Å². The largest absolute Gasteiger partial charge is 0.378 e. The molecule has 3 saturated heterocycles. The molecule has 3 aliphatic heterocycles. The summed E-state index contributed by atoms with van der Waals surface area (Å²) in [4.78, 5) is 17.8. The highest BCUT2D eigenvalue weighted by atomic mass is 32.2. The molecule has 1 amide bonds. The van der Waals surface area contributed by atoms with E-state index in [1.807, 2.05) is 4.90 Å². The number of nitrogens with zero attached hydrogens (tertiary/aromatic N) is 3. The summed E-state index contributed by atoms with van der Waals surface area (Å²) in [6, 6.07) is 0.143. The van der Waals surface area contributed by atoms with Crippen LogP contribution < -0.4 is 0 Å². The van der Waals surface area contributed by atoms with Crippen LogP contribution in [0.15, 0.2) is 0 Å². The van der Waals surface area contributed by atoms with Crippen molar-refractivity contribution in [2.24, 2.45) is 5.41 Å². The second kappa shape index (κ2) is 7.50. The molecular weight excluding hydrogens is 342 g/mol. The number of sulfonamides is 1. The van der Waals surface area contributed by atoms with Crippen molar-refractivity contribution in [3.05, 3.63) is 0 Å². The molecule has 0 radical (unpaired) electrons. The van der Waals surface area contributed by atoms with E-state index in [0.29, 0.717) is 45.8 Å². The van der Waals surface area contributed by atoms with E-state index in [0.717, 1.165) is 25.9 Å². The molecule has 3 rings (SSSR count). The molecule has 7 nitrogen and oxygen atoms in total. The average Bonchev–Trinajstić information content (AvgIpc) is 2.88. The van der Waals surface area contributed by atoms with Crippen molar-refractivity contribution in [3.63, 3.8) is 0 Å². The van der Waals surface area contributed by atoms with E-state index in [1.165, 1.54) is 0 Å². The fraction of sp³-hybridized carbons (Fsp3) is 0.941. The van der Waals surface area contributed by atoms with Crippen LogP contribution in [0.25, 0.3) is 0 Å².